The van der Waals surface area contributed by atoms with Gasteiger partial charge in [-0.1, -0.05) is 0 Å². The van der Waals surface area contributed by atoms with Gasteiger partial charge in [0.25, 0.3) is 0 Å². The largest absolute Gasteiger partial charge is 0.465 e. The monoisotopic (exact) mass is 271 g/mol. The minimum atomic E-state index is -0.621. The van der Waals surface area contributed by atoms with E-state index in [0.717, 1.165) is 13.1 Å². The first-order valence-electron chi connectivity index (χ1n) is 7.18. The maximum Gasteiger partial charge on any atom is 0.327 e. The molecule has 1 rings (SSSR count). The van der Waals surface area contributed by atoms with Gasteiger partial charge in [-0.15, -0.1) is 0 Å². The quantitative estimate of drug-likeness (QED) is 0.715. The lowest BCUT2D eigenvalue weighted by molar-refractivity contribution is -0.151. The molecule has 1 fully saturated rings. The second-order valence-corrected chi connectivity index (χ2v) is 5.80. The Kier molecular flexibility index (Phi) is 6.23. The van der Waals surface area contributed by atoms with Crippen molar-refractivity contribution in [2.24, 2.45) is 0 Å². The van der Waals surface area contributed by atoms with Crippen LogP contribution in [0.25, 0.3) is 0 Å². The molecule has 0 aromatic heterocycles. The van der Waals surface area contributed by atoms with Gasteiger partial charge in [0, 0.05) is 19.1 Å². The average Bonchev–Trinajstić information content (AvgIpc) is 2.39. The van der Waals surface area contributed by atoms with E-state index in [4.69, 9.17) is 4.74 Å². The van der Waals surface area contributed by atoms with Gasteiger partial charge in [0.05, 0.1) is 6.61 Å². The van der Waals surface area contributed by atoms with E-state index in [1.807, 2.05) is 20.9 Å². The van der Waals surface area contributed by atoms with Crippen molar-refractivity contribution in [1.82, 2.24) is 15.1 Å². The number of hydrogen-bond acceptors (Lipinski definition) is 5. The summed E-state index contributed by atoms with van der Waals surface area (Å²) >= 11 is 0. The summed E-state index contributed by atoms with van der Waals surface area (Å²) in [5, 5.41) is 3.12. The van der Waals surface area contributed by atoms with Crippen molar-refractivity contribution in [3.63, 3.8) is 0 Å². The highest BCUT2D eigenvalue weighted by atomic mass is 16.5. The molecule has 1 heterocycles. The summed E-state index contributed by atoms with van der Waals surface area (Å²) in [5.41, 5.74) is -0.621. The minimum Gasteiger partial charge on any atom is -0.465 e. The van der Waals surface area contributed by atoms with Gasteiger partial charge in [0.1, 0.15) is 5.54 Å². The molecule has 0 saturated carbocycles. The van der Waals surface area contributed by atoms with Crippen LogP contribution in [0.3, 0.4) is 0 Å². The van der Waals surface area contributed by atoms with E-state index < -0.39 is 5.54 Å². The Morgan fingerprint density at radius 3 is 2.74 bits per heavy atom. The Labute approximate surface area is 117 Å². The first-order chi connectivity index (χ1) is 8.92. The number of likely N-dealkylation sites (N-methyl/N-ethyl adjacent to an activating group) is 2. The minimum absolute atomic E-state index is 0.163. The number of carbonyl (C=O) groups excluding carboxylic acids is 1. The first-order valence-corrected chi connectivity index (χ1v) is 7.18. The van der Waals surface area contributed by atoms with Crippen LogP contribution in [0.1, 0.15) is 26.7 Å². The molecule has 1 aliphatic rings. The molecule has 0 bridgehead atoms. The van der Waals surface area contributed by atoms with Crippen molar-refractivity contribution in [3.8, 4) is 0 Å². The number of ether oxygens (including phenoxy) is 1. The SMILES string of the molecule is CCOC(=O)C(C)(CN1CCCC(N(C)C)C1)NC. The van der Waals surface area contributed by atoms with Crippen LogP contribution in [-0.4, -0.2) is 74.7 Å². The fourth-order valence-corrected chi connectivity index (χ4v) is 2.58. The number of rotatable bonds is 6. The Morgan fingerprint density at radius 1 is 1.53 bits per heavy atom. The number of nitrogens with one attached hydrogen (secondary N) is 1. The van der Waals surface area contributed by atoms with Gasteiger partial charge < -0.3 is 15.0 Å². The van der Waals surface area contributed by atoms with Crippen LogP contribution in [-0.2, 0) is 9.53 Å². The number of carbonyl (C=O) groups is 1. The maximum atomic E-state index is 12.1. The van der Waals surface area contributed by atoms with E-state index in [9.17, 15) is 4.79 Å². The van der Waals surface area contributed by atoms with E-state index in [2.05, 4.69) is 29.2 Å². The summed E-state index contributed by atoms with van der Waals surface area (Å²) in [6, 6.07) is 0.581. The van der Waals surface area contributed by atoms with Crippen LogP contribution in [0.4, 0.5) is 0 Å². The van der Waals surface area contributed by atoms with Gasteiger partial charge in [-0.2, -0.15) is 0 Å². The van der Waals surface area contributed by atoms with Crippen molar-refractivity contribution in [2.45, 2.75) is 38.3 Å². The first kappa shape index (κ1) is 16.4. The third kappa shape index (κ3) is 4.44. The van der Waals surface area contributed by atoms with Crippen molar-refractivity contribution in [2.75, 3.05) is 47.4 Å². The second kappa shape index (κ2) is 7.22. The second-order valence-electron chi connectivity index (χ2n) is 5.80. The van der Waals surface area contributed by atoms with Gasteiger partial charge in [0.2, 0.25) is 0 Å². The Bertz CT molecular complexity index is 296. The van der Waals surface area contributed by atoms with Gasteiger partial charge >= 0.3 is 5.97 Å². The van der Waals surface area contributed by atoms with Crippen molar-refractivity contribution in [3.05, 3.63) is 0 Å². The molecule has 5 nitrogen and oxygen atoms in total. The Hall–Kier alpha value is -0.650. The smallest absolute Gasteiger partial charge is 0.327 e. The van der Waals surface area contributed by atoms with Crippen molar-refractivity contribution >= 4 is 5.97 Å². The molecule has 1 N–H and O–H groups in total. The van der Waals surface area contributed by atoms with Crippen molar-refractivity contribution < 1.29 is 9.53 Å². The number of esters is 1. The number of likely N-dealkylation sites (tertiary alicyclic amines) is 1. The van der Waals surface area contributed by atoms with E-state index in [-0.39, 0.29) is 5.97 Å². The predicted molar refractivity (Wildman–Crippen MR) is 77.2 cm³/mol. The average molecular weight is 271 g/mol. The van der Waals surface area contributed by atoms with Crippen LogP contribution in [0.5, 0.6) is 0 Å². The Morgan fingerprint density at radius 2 is 2.21 bits per heavy atom. The lowest BCUT2D eigenvalue weighted by Crippen LogP contribution is -2.58. The molecule has 0 aromatic rings. The van der Waals surface area contributed by atoms with E-state index in [0.29, 0.717) is 19.2 Å². The Balaban J connectivity index is 2.62. The summed E-state index contributed by atoms with van der Waals surface area (Å²) < 4.78 is 5.18. The zero-order chi connectivity index (χ0) is 14.5. The van der Waals surface area contributed by atoms with E-state index in [1.54, 1.807) is 0 Å². The molecule has 1 aliphatic heterocycles. The standard InChI is InChI=1S/C14H29N3O2/c1-6-19-13(18)14(2,15-3)11-17-9-7-8-12(10-17)16(4)5/h12,15H,6-11H2,1-5H3. The lowest BCUT2D eigenvalue weighted by atomic mass is 9.98. The van der Waals surface area contributed by atoms with Crippen LogP contribution in [0.2, 0.25) is 0 Å². The zero-order valence-electron chi connectivity index (χ0n) is 13.0. The third-order valence-corrected chi connectivity index (χ3v) is 4.03. The molecular formula is C14H29N3O2. The maximum absolute atomic E-state index is 12.1. The number of hydrogen-bond donors (Lipinski definition) is 1. The summed E-state index contributed by atoms with van der Waals surface area (Å²) in [6.07, 6.45) is 2.42. The molecule has 112 valence electrons. The number of piperidine rings is 1. The van der Waals surface area contributed by atoms with Crippen molar-refractivity contribution in [1.29, 1.82) is 0 Å². The fraction of sp³-hybridized carbons (Fsp3) is 0.929. The van der Waals surface area contributed by atoms with Gasteiger partial charge in [-0.3, -0.25) is 9.69 Å². The molecule has 0 aliphatic carbocycles. The van der Waals surface area contributed by atoms with Gasteiger partial charge in [-0.25, -0.2) is 0 Å². The molecule has 0 spiro atoms. The zero-order valence-corrected chi connectivity index (χ0v) is 13.0. The molecule has 2 unspecified atom stereocenters. The fourth-order valence-electron chi connectivity index (χ4n) is 2.58. The summed E-state index contributed by atoms with van der Waals surface area (Å²) in [7, 11) is 6.07. The third-order valence-electron chi connectivity index (χ3n) is 4.03. The molecule has 19 heavy (non-hydrogen) atoms. The van der Waals surface area contributed by atoms with Crippen LogP contribution in [0, 0.1) is 0 Å². The molecular weight excluding hydrogens is 242 g/mol. The van der Waals surface area contributed by atoms with Crippen LogP contribution < -0.4 is 5.32 Å². The van der Waals surface area contributed by atoms with Gasteiger partial charge in [0.15, 0.2) is 0 Å². The topological polar surface area (TPSA) is 44.8 Å². The number of nitrogens with zero attached hydrogens (tertiary/aromatic N) is 2. The molecule has 0 radical (unpaired) electrons. The normalized spacial score (nSPS) is 24.2. The predicted octanol–water partition coefficient (Wildman–Crippen LogP) is 0.554. The van der Waals surface area contributed by atoms with Crippen LogP contribution in [0.15, 0.2) is 0 Å². The summed E-state index contributed by atoms with van der Waals surface area (Å²) in [4.78, 5) is 16.7. The highest BCUT2D eigenvalue weighted by Crippen LogP contribution is 2.17. The van der Waals surface area contributed by atoms with Crippen LogP contribution >= 0.6 is 0 Å². The lowest BCUT2D eigenvalue weighted by Gasteiger charge is -2.40. The summed E-state index contributed by atoms with van der Waals surface area (Å²) in [6.45, 7) is 6.97. The molecule has 0 aromatic carbocycles. The highest BCUT2D eigenvalue weighted by Gasteiger charge is 2.36. The summed E-state index contributed by atoms with van der Waals surface area (Å²) in [5.74, 6) is -0.163. The van der Waals surface area contributed by atoms with Gasteiger partial charge in [-0.05, 0) is 54.4 Å². The van der Waals surface area contributed by atoms with E-state index >= 15 is 0 Å². The molecule has 5 heteroatoms. The molecule has 0 amide bonds. The van der Waals surface area contributed by atoms with E-state index in [1.165, 1.54) is 12.8 Å². The molecule has 1 saturated heterocycles. The highest BCUT2D eigenvalue weighted by molar-refractivity contribution is 5.80. The molecule has 2 atom stereocenters.